The number of carbonyl (C=O) groups is 2. The monoisotopic (exact) mass is 301 g/mol. The van der Waals surface area contributed by atoms with Crippen LogP contribution in [-0.4, -0.2) is 26.8 Å². The lowest BCUT2D eigenvalue weighted by atomic mass is 10.1. The lowest BCUT2D eigenvalue weighted by Gasteiger charge is -2.06. The molecule has 0 bridgehead atoms. The van der Waals surface area contributed by atoms with E-state index < -0.39 is 5.97 Å². The fraction of sp³-hybridized carbons (Fsp3) is 0.312. The summed E-state index contributed by atoms with van der Waals surface area (Å²) in [6.07, 6.45) is 0.944. The maximum Gasteiger partial charge on any atom is 0.335 e. The van der Waals surface area contributed by atoms with Crippen LogP contribution in [0.4, 0.5) is 5.69 Å². The Morgan fingerprint density at radius 2 is 1.86 bits per heavy atom. The summed E-state index contributed by atoms with van der Waals surface area (Å²) in [4.78, 5) is 23.2. The van der Waals surface area contributed by atoms with E-state index in [0.717, 1.165) is 18.7 Å². The Balaban J connectivity index is 2.20. The number of aryl methyl sites for hydroxylation is 2. The number of aromatic carboxylic acids is 1. The molecule has 0 unspecified atom stereocenters. The lowest BCUT2D eigenvalue weighted by Crippen LogP contribution is -2.14. The zero-order valence-electron chi connectivity index (χ0n) is 12.9. The molecule has 1 aromatic heterocycles. The topological polar surface area (TPSA) is 84.2 Å². The second-order valence-corrected chi connectivity index (χ2v) is 5.11. The van der Waals surface area contributed by atoms with Gasteiger partial charge in [-0.25, -0.2) is 4.79 Å². The fourth-order valence-corrected chi connectivity index (χ4v) is 2.34. The Morgan fingerprint density at radius 3 is 2.41 bits per heavy atom. The summed E-state index contributed by atoms with van der Waals surface area (Å²) in [6.45, 7) is 6.51. The van der Waals surface area contributed by atoms with E-state index in [1.807, 2.05) is 18.5 Å². The highest BCUT2D eigenvalue weighted by Crippen LogP contribution is 2.17. The van der Waals surface area contributed by atoms with Crippen LogP contribution in [0.2, 0.25) is 0 Å². The highest BCUT2D eigenvalue weighted by atomic mass is 16.4. The largest absolute Gasteiger partial charge is 0.478 e. The smallest absolute Gasteiger partial charge is 0.335 e. The van der Waals surface area contributed by atoms with Gasteiger partial charge in [-0.15, -0.1) is 0 Å². The molecule has 0 spiro atoms. The van der Waals surface area contributed by atoms with Crippen LogP contribution in [0.25, 0.3) is 0 Å². The second-order valence-electron chi connectivity index (χ2n) is 5.11. The van der Waals surface area contributed by atoms with Gasteiger partial charge in [-0.2, -0.15) is 5.10 Å². The van der Waals surface area contributed by atoms with E-state index in [0.29, 0.717) is 16.9 Å². The Labute approximate surface area is 128 Å². The average Bonchev–Trinajstić information content (AvgIpc) is 2.74. The number of hydrogen-bond acceptors (Lipinski definition) is 3. The minimum absolute atomic E-state index is 0.182. The number of nitrogens with zero attached hydrogens (tertiary/aromatic N) is 2. The van der Waals surface area contributed by atoms with E-state index in [1.54, 1.807) is 12.1 Å². The zero-order valence-corrected chi connectivity index (χ0v) is 12.9. The van der Waals surface area contributed by atoms with Crippen molar-refractivity contribution >= 4 is 17.6 Å². The third kappa shape index (κ3) is 3.16. The predicted molar refractivity (Wildman–Crippen MR) is 83.3 cm³/mol. The van der Waals surface area contributed by atoms with Gasteiger partial charge in [-0.05, 0) is 44.5 Å². The van der Waals surface area contributed by atoms with Crippen molar-refractivity contribution in [2.24, 2.45) is 0 Å². The van der Waals surface area contributed by atoms with Crippen molar-refractivity contribution in [3.05, 3.63) is 46.8 Å². The van der Waals surface area contributed by atoms with Gasteiger partial charge in [-0.1, -0.05) is 6.92 Å². The molecule has 0 fully saturated rings. The van der Waals surface area contributed by atoms with Crippen LogP contribution in [0.3, 0.4) is 0 Å². The maximum absolute atomic E-state index is 12.4. The van der Waals surface area contributed by atoms with Crippen molar-refractivity contribution in [3.63, 3.8) is 0 Å². The Bertz CT molecular complexity index is 702. The Hall–Kier alpha value is -2.63. The quantitative estimate of drug-likeness (QED) is 0.889. The number of hydrogen-bond donors (Lipinski definition) is 2. The normalized spacial score (nSPS) is 10.5. The van der Waals surface area contributed by atoms with Gasteiger partial charge in [0, 0.05) is 17.9 Å². The molecule has 6 nitrogen and oxygen atoms in total. The number of carboxylic acids is 1. The molecule has 2 rings (SSSR count). The minimum Gasteiger partial charge on any atom is -0.478 e. The molecule has 22 heavy (non-hydrogen) atoms. The van der Waals surface area contributed by atoms with Crippen LogP contribution in [0.5, 0.6) is 0 Å². The fourth-order valence-electron chi connectivity index (χ4n) is 2.34. The van der Waals surface area contributed by atoms with Gasteiger partial charge < -0.3 is 10.4 Å². The zero-order chi connectivity index (χ0) is 16.3. The Kier molecular flexibility index (Phi) is 4.60. The number of rotatable bonds is 5. The van der Waals surface area contributed by atoms with Crippen LogP contribution >= 0.6 is 0 Å². The molecular formula is C16H19N3O3. The first-order chi connectivity index (χ1) is 10.4. The lowest BCUT2D eigenvalue weighted by molar-refractivity contribution is 0.0696. The minimum atomic E-state index is -0.995. The van der Waals surface area contributed by atoms with Gasteiger partial charge >= 0.3 is 5.97 Å². The number of carboxylic acid groups (broad SMARTS) is 1. The van der Waals surface area contributed by atoms with Crippen molar-refractivity contribution < 1.29 is 14.7 Å². The molecule has 0 saturated heterocycles. The van der Waals surface area contributed by atoms with E-state index >= 15 is 0 Å². The highest BCUT2D eigenvalue weighted by molar-refractivity contribution is 6.06. The highest BCUT2D eigenvalue weighted by Gasteiger charge is 2.18. The van der Waals surface area contributed by atoms with E-state index in [-0.39, 0.29) is 11.5 Å². The summed E-state index contributed by atoms with van der Waals surface area (Å²) >= 11 is 0. The van der Waals surface area contributed by atoms with Gasteiger partial charge in [0.05, 0.1) is 16.8 Å². The molecule has 0 aliphatic rings. The molecule has 1 amide bonds. The molecule has 1 aromatic carbocycles. The SMILES string of the molecule is CCCn1nc(C)c(C(=O)Nc2ccc(C(=O)O)cc2)c1C. The third-order valence-corrected chi connectivity index (χ3v) is 3.43. The number of carbonyl (C=O) groups excluding carboxylic acids is 1. The van der Waals surface area contributed by atoms with Gasteiger partial charge in [0.1, 0.15) is 0 Å². The molecule has 1 heterocycles. The average molecular weight is 301 g/mol. The second kappa shape index (κ2) is 6.43. The standard InChI is InChI=1S/C16H19N3O3/c1-4-9-19-11(3)14(10(2)18-19)15(20)17-13-7-5-12(6-8-13)16(21)22/h5-8H,4,9H2,1-3H3,(H,17,20)(H,21,22). The summed E-state index contributed by atoms with van der Waals surface area (Å²) in [5.74, 6) is -1.23. The summed E-state index contributed by atoms with van der Waals surface area (Å²) < 4.78 is 1.83. The Morgan fingerprint density at radius 1 is 1.23 bits per heavy atom. The summed E-state index contributed by atoms with van der Waals surface area (Å²) in [6, 6.07) is 6.06. The van der Waals surface area contributed by atoms with Crippen LogP contribution in [-0.2, 0) is 6.54 Å². The van der Waals surface area contributed by atoms with Gasteiger partial charge in [0.25, 0.3) is 5.91 Å². The van der Waals surface area contributed by atoms with E-state index in [2.05, 4.69) is 17.3 Å². The van der Waals surface area contributed by atoms with Crippen molar-refractivity contribution in [1.29, 1.82) is 0 Å². The number of nitrogens with one attached hydrogen (secondary N) is 1. The van der Waals surface area contributed by atoms with Crippen molar-refractivity contribution in [2.75, 3.05) is 5.32 Å². The van der Waals surface area contributed by atoms with Crippen LogP contribution in [0, 0.1) is 13.8 Å². The number of amides is 1. The molecule has 2 aromatic rings. The molecular weight excluding hydrogens is 282 g/mol. The van der Waals surface area contributed by atoms with Gasteiger partial charge in [0.2, 0.25) is 0 Å². The van der Waals surface area contributed by atoms with Gasteiger partial charge in [-0.3, -0.25) is 9.48 Å². The summed E-state index contributed by atoms with van der Waals surface area (Å²) in [5, 5.41) is 16.0. The summed E-state index contributed by atoms with van der Waals surface area (Å²) in [7, 11) is 0. The third-order valence-electron chi connectivity index (χ3n) is 3.43. The maximum atomic E-state index is 12.4. The van der Waals surface area contributed by atoms with Crippen LogP contribution in [0.1, 0.15) is 45.4 Å². The molecule has 0 atom stereocenters. The molecule has 0 aliphatic carbocycles. The predicted octanol–water partition coefficient (Wildman–Crippen LogP) is 2.86. The van der Waals surface area contributed by atoms with Crippen LogP contribution < -0.4 is 5.32 Å². The van der Waals surface area contributed by atoms with Crippen LogP contribution in [0.15, 0.2) is 24.3 Å². The molecule has 116 valence electrons. The number of aromatic nitrogens is 2. The number of anilines is 1. The van der Waals surface area contributed by atoms with E-state index in [9.17, 15) is 9.59 Å². The first-order valence-corrected chi connectivity index (χ1v) is 7.12. The van der Waals surface area contributed by atoms with E-state index in [1.165, 1.54) is 12.1 Å². The van der Waals surface area contributed by atoms with Crippen molar-refractivity contribution in [3.8, 4) is 0 Å². The molecule has 0 saturated carbocycles. The van der Waals surface area contributed by atoms with Crippen molar-refractivity contribution in [2.45, 2.75) is 33.7 Å². The first-order valence-electron chi connectivity index (χ1n) is 7.12. The summed E-state index contributed by atoms with van der Waals surface area (Å²) in [5.41, 5.74) is 2.82. The number of benzene rings is 1. The first kappa shape index (κ1) is 15.8. The van der Waals surface area contributed by atoms with E-state index in [4.69, 9.17) is 5.11 Å². The molecule has 0 radical (unpaired) electrons. The van der Waals surface area contributed by atoms with Crippen molar-refractivity contribution in [1.82, 2.24) is 9.78 Å². The molecule has 2 N–H and O–H groups in total. The molecule has 6 heteroatoms. The molecule has 0 aliphatic heterocycles. The van der Waals surface area contributed by atoms with Gasteiger partial charge in [0.15, 0.2) is 0 Å².